The van der Waals surface area contributed by atoms with Gasteiger partial charge in [-0.05, 0) is 37.8 Å². The van der Waals surface area contributed by atoms with Crippen molar-refractivity contribution in [2.24, 2.45) is 5.92 Å². The third-order valence-corrected chi connectivity index (χ3v) is 4.36. The maximum atomic E-state index is 11.7. The lowest BCUT2D eigenvalue weighted by molar-refractivity contribution is -0.124. The molecule has 0 radical (unpaired) electrons. The highest BCUT2D eigenvalue weighted by molar-refractivity contribution is 5.77. The average molecular weight is 312 g/mol. The van der Waals surface area contributed by atoms with E-state index in [-0.39, 0.29) is 11.8 Å². The Balaban J connectivity index is 1.81. The van der Waals surface area contributed by atoms with Crippen molar-refractivity contribution in [3.8, 4) is 11.3 Å². The number of aromatic nitrogens is 3. The van der Waals surface area contributed by atoms with Crippen LogP contribution in [0.25, 0.3) is 11.3 Å². The van der Waals surface area contributed by atoms with E-state index in [1.165, 1.54) is 24.1 Å². The molecule has 0 bridgehead atoms. The van der Waals surface area contributed by atoms with Crippen LogP contribution in [-0.4, -0.2) is 27.2 Å². The molecule has 3 rings (SSSR count). The highest BCUT2D eigenvalue weighted by atomic mass is 16.1. The average Bonchev–Trinajstić information content (AvgIpc) is 2.94. The number of fused-ring (bicyclic) bond motifs is 1. The van der Waals surface area contributed by atoms with Gasteiger partial charge in [-0.15, -0.1) is 0 Å². The largest absolute Gasteiger partial charge is 0.354 e. The summed E-state index contributed by atoms with van der Waals surface area (Å²) in [5, 5.41) is 7.82. The van der Waals surface area contributed by atoms with E-state index < -0.39 is 0 Å². The highest BCUT2D eigenvalue weighted by Crippen LogP contribution is 2.30. The summed E-state index contributed by atoms with van der Waals surface area (Å²) in [6.07, 6.45) is 8.23. The third-order valence-electron chi connectivity index (χ3n) is 4.36. The maximum absolute atomic E-state index is 11.7. The van der Waals surface area contributed by atoms with Crippen molar-refractivity contribution in [1.29, 1.82) is 0 Å². The van der Waals surface area contributed by atoms with Gasteiger partial charge in [0, 0.05) is 41.7 Å². The quantitative estimate of drug-likeness (QED) is 0.923. The fraction of sp³-hybridized carbons (Fsp3) is 0.500. The first-order chi connectivity index (χ1) is 11.2. The zero-order chi connectivity index (χ0) is 16.2. The fourth-order valence-electron chi connectivity index (χ4n) is 3.09. The lowest BCUT2D eigenvalue weighted by Crippen LogP contribution is -2.31. The normalized spacial score (nSPS) is 13.9. The Labute approximate surface area is 137 Å². The molecular formula is C18H24N4O. The van der Waals surface area contributed by atoms with E-state index in [1.807, 2.05) is 38.4 Å². The molecule has 23 heavy (non-hydrogen) atoms. The second kappa shape index (κ2) is 6.94. The summed E-state index contributed by atoms with van der Waals surface area (Å²) in [7, 11) is 0. The van der Waals surface area contributed by atoms with Crippen molar-refractivity contribution in [1.82, 2.24) is 20.1 Å². The lowest BCUT2D eigenvalue weighted by Gasteiger charge is -2.15. The van der Waals surface area contributed by atoms with Crippen LogP contribution in [0.15, 0.2) is 24.5 Å². The van der Waals surface area contributed by atoms with Crippen LogP contribution in [0, 0.1) is 5.92 Å². The van der Waals surface area contributed by atoms with E-state index in [4.69, 9.17) is 5.10 Å². The highest BCUT2D eigenvalue weighted by Gasteiger charge is 2.21. The van der Waals surface area contributed by atoms with Crippen LogP contribution in [0.4, 0.5) is 0 Å². The molecule has 1 amide bonds. The number of pyridine rings is 1. The molecule has 0 unspecified atom stereocenters. The molecule has 0 atom stereocenters. The Kier molecular flexibility index (Phi) is 4.74. The predicted octanol–water partition coefficient (Wildman–Crippen LogP) is 2.60. The zero-order valence-corrected chi connectivity index (χ0v) is 13.9. The third kappa shape index (κ3) is 3.44. The molecule has 0 fully saturated rings. The standard InChI is InChI=1S/C18H24N4O/c1-13(2)18(23)20-11-12-22-16-6-4-3-5-15(16)17(21-22)14-7-9-19-10-8-14/h7-10,13H,3-6,11-12H2,1-2H3,(H,20,23). The summed E-state index contributed by atoms with van der Waals surface area (Å²) < 4.78 is 2.09. The van der Waals surface area contributed by atoms with E-state index in [0.29, 0.717) is 6.54 Å². The van der Waals surface area contributed by atoms with Gasteiger partial charge in [-0.3, -0.25) is 14.5 Å². The monoisotopic (exact) mass is 312 g/mol. The smallest absolute Gasteiger partial charge is 0.222 e. The molecular weight excluding hydrogens is 288 g/mol. The van der Waals surface area contributed by atoms with Gasteiger partial charge in [-0.2, -0.15) is 5.10 Å². The first-order valence-corrected chi connectivity index (χ1v) is 8.43. The number of hydrogen-bond acceptors (Lipinski definition) is 3. The minimum Gasteiger partial charge on any atom is -0.354 e. The van der Waals surface area contributed by atoms with Crippen LogP contribution in [0.2, 0.25) is 0 Å². The molecule has 5 nitrogen and oxygen atoms in total. The summed E-state index contributed by atoms with van der Waals surface area (Å²) in [6, 6.07) is 4.03. The molecule has 122 valence electrons. The second-order valence-electron chi connectivity index (χ2n) is 6.39. The predicted molar refractivity (Wildman–Crippen MR) is 89.9 cm³/mol. The van der Waals surface area contributed by atoms with Crippen molar-refractivity contribution >= 4 is 5.91 Å². The first-order valence-electron chi connectivity index (χ1n) is 8.43. The van der Waals surface area contributed by atoms with Gasteiger partial charge in [0.2, 0.25) is 5.91 Å². The Morgan fingerprint density at radius 2 is 2.00 bits per heavy atom. The topological polar surface area (TPSA) is 59.8 Å². The number of nitrogens with one attached hydrogen (secondary N) is 1. The number of rotatable bonds is 5. The lowest BCUT2D eigenvalue weighted by atomic mass is 9.94. The van der Waals surface area contributed by atoms with Gasteiger partial charge >= 0.3 is 0 Å². The molecule has 0 saturated heterocycles. The van der Waals surface area contributed by atoms with Gasteiger partial charge in [0.1, 0.15) is 0 Å². The van der Waals surface area contributed by atoms with Crippen LogP contribution >= 0.6 is 0 Å². The number of nitrogens with zero attached hydrogens (tertiary/aromatic N) is 3. The van der Waals surface area contributed by atoms with Gasteiger partial charge < -0.3 is 5.32 Å². The molecule has 0 aromatic carbocycles. The van der Waals surface area contributed by atoms with Crippen LogP contribution in [0.3, 0.4) is 0 Å². The molecule has 2 aromatic heterocycles. The molecule has 2 aromatic rings. The van der Waals surface area contributed by atoms with Gasteiger partial charge in [-0.25, -0.2) is 0 Å². The summed E-state index contributed by atoms with van der Waals surface area (Å²) in [5.74, 6) is 0.120. The molecule has 1 N–H and O–H groups in total. The summed E-state index contributed by atoms with van der Waals surface area (Å²) >= 11 is 0. The van der Waals surface area contributed by atoms with Gasteiger partial charge in [0.15, 0.2) is 0 Å². The van der Waals surface area contributed by atoms with Crippen molar-refractivity contribution in [2.75, 3.05) is 6.54 Å². The van der Waals surface area contributed by atoms with Gasteiger partial charge in [0.05, 0.1) is 12.2 Å². The van der Waals surface area contributed by atoms with Crippen LogP contribution in [-0.2, 0) is 24.2 Å². The van der Waals surface area contributed by atoms with Crippen molar-refractivity contribution in [3.05, 3.63) is 35.8 Å². The van der Waals surface area contributed by atoms with Crippen LogP contribution < -0.4 is 5.32 Å². The Morgan fingerprint density at radius 1 is 1.26 bits per heavy atom. The number of amides is 1. The minimum atomic E-state index is 0.0221. The minimum absolute atomic E-state index is 0.0221. The van der Waals surface area contributed by atoms with Crippen molar-refractivity contribution in [3.63, 3.8) is 0 Å². The number of carbonyl (C=O) groups is 1. The SMILES string of the molecule is CC(C)C(=O)NCCn1nc(-c2ccncc2)c2c1CCCC2. The van der Waals surface area contributed by atoms with Crippen molar-refractivity contribution < 1.29 is 4.79 Å². The molecule has 0 spiro atoms. The molecule has 5 heteroatoms. The first kappa shape index (κ1) is 15.7. The van der Waals surface area contributed by atoms with Gasteiger partial charge in [-0.1, -0.05) is 13.8 Å². The Morgan fingerprint density at radius 3 is 2.74 bits per heavy atom. The number of hydrogen-bond donors (Lipinski definition) is 1. The van der Waals surface area contributed by atoms with E-state index in [9.17, 15) is 4.79 Å². The zero-order valence-electron chi connectivity index (χ0n) is 13.9. The molecule has 1 aliphatic rings. The summed E-state index contributed by atoms with van der Waals surface area (Å²) in [4.78, 5) is 15.8. The molecule has 2 heterocycles. The summed E-state index contributed by atoms with van der Waals surface area (Å²) in [5.41, 5.74) is 4.92. The Hall–Kier alpha value is -2.17. The fourth-order valence-corrected chi connectivity index (χ4v) is 3.09. The van der Waals surface area contributed by atoms with Crippen LogP contribution in [0.5, 0.6) is 0 Å². The number of carbonyl (C=O) groups excluding carboxylic acids is 1. The van der Waals surface area contributed by atoms with E-state index in [2.05, 4.69) is 15.0 Å². The van der Waals surface area contributed by atoms with Gasteiger partial charge in [0.25, 0.3) is 0 Å². The van der Waals surface area contributed by atoms with Crippen LogP contribution in [0.1, 0.15) is 37.9 Å². The van der Waals surface area contributed by atoms with E-state index in [0.717, 1.165) is 30.6 Å². The maximum Gasteiger partial charge on any atom is 0.222 e. The second-order valence-corrected chi connectivity index (χ2v) is 6.39. The molecule has 0 aliphatic heterocycles. The molecule has 1 aliphatic carbocycles. The van der Waals surface area contributed by atoms with E-state index >= 15 is 0 Å². The van der Waals surface area contributed by atoms with Crippen molar-refractivity contribution in [2.45, 2.75) is 46.1 Å². The summed E-state index contributed by atoms with van der Waals surface area (Å²) in [6.45, 7) is 5.17. The Bertz CT molecular complexity index is 676. The van der Waals surface area contributed by atoms with E-state index in [1.54, 1.807) is 0 Å². The molecule has 0 saturated carbocycles.